The van der Waals surface area contributed by atoms with Crippen LogP contribution in [0.1, 0.15) is 33.3 Å². The third kappa shape index (κ3) is 4.90. The molecule has 0 N–H and O–H groups in total. The molecule has 33 heavy (non-hydrogen) atoms. The van der Waals surface area contributed by atoms with Gasteiger partial charge in [0.25, 0.3) is 11.8 Å². The van der Waals surface area contributed by atoms with Gasteiger partial charge in [-0.25, -0.2) is 5.01 Å². The number of amides is 2. The fourth-order valence-corrected chi connectivity index (χ4v) is 4.46. The molecule has 0 radical (unpaired) electrons. The Kier molecular flexibility index (Phi) is 6.74. The number of methoxy groups -OCH3 is 2. The molecule has 170 valence electrons. The number of ether oxygens (including phenoxy) is 2. The lowest BCUT2D eigenvalue weighted by molar-refractivity contribution is -0.133. The summed E-state index contributed by atoms with van der Waals surface area (Å²) in [7, 11) is 4.86. The fourth-order valence-electron chi connectivity index (χ4n) is 3.74. The summed E-state index contributed by atoms with van der Waals surface area (Å²) in [6.45, 7) is -0.0712. The summed E-state index contributed by atoms with van der Waals surface area (Å²) >= 11 is 1.35. The zero-order valence-corrected chi connectivity index (χ0v) is 19.5. The number of carbonyl (C=O) groups excluding carboxylic acids is 2. The molecule has 2 heterocycles. The molecule has 2 amide bonds. The maximum absolute atomic E-state index is 13.3. The molecule has 0 fully saturated rings. The van der Waals surface area contributed by atoms with E-state index in [0.29, 0.717) is 11.3 Å². The molecule has 3 aromatic rings. The minimum absolute atomic E-state index is 0.0712. The highest BCUT2D eigenvalue weighted by molar-refractivity contribution is 7.12. The van der Waals surface area contributed by atoms with Gasteiger partial charge in [-0.3, -0.25) is 9.59 Å². The van der Waals surface area contributed by atoms with Crippen molar-refractivity contribution >= 4 is 28.9 Å². The molecule has 8 heteroatoms. The molecule has 1 aromatic heterocycles. The van der Waals surface area contributed by atoms with E-state index in [1.165, 1.54) is 21.2 Å². The molecule has 4 rings (SSSR count). The van der Waals surface area contributed by atoms with Crippen LogP contribution in [-0.4, -0.2) is 55.2 Å². The zero-order chi connectivity index (χ0) is 23.4. The molecule has 0 saturated heterocycles. The lowest BCUT2D eigenvalue weighted by Crippen LogP contribution is -2.39. The first-order valence-electron chi connectivity index (χ1n) is 10.5. The molecule has 1 atom stereocenters. The number of nitrogens with zero attached hydrogens (tertiary/aromatic N) is 3. The van der Waals surface area contributed by atoms with E-state index in [9.17, 15) is 9.59 Å². The monoisotopic (exact) mass is 463 g/mol. The maximum Gasteiger partial charge on any atom is 0.264 e. The van der Waals surface area contributed by atoms with E-state index < -0.39 is 0 Å². The molecule has 0 bridgehead atoms. The summed E-state index contributed by atoms with van der Waals surface area (Å²) in [6, 6.07) is 18.5. The van der Waals surface area contributed by atoms with Crippen LogP contribution < -0.4 is 9.47 Å². The molecule has 0 spiro atoms. The quantitative estimate of drug-likeness (QED) is 0.526. The maximum atomic E-state index is 13.3. The van der Waals surface area contributed by atoms with Crippen LogP contribution in [0.3, 0.4) is 0 Å². The number of rotatable bonds is 7. The highest BCUT2D eigenvalue weighted by Gasteiger charge is 2.34. The van der Waals surface area contributed by atoms with Crippen LogP contribution in [0.15, 0.2) is 71.1 Å². The topological polar surface area (TPSA) is 71.4 Å². The normalized spacial score (nSPS) is 15.2. The van der Waals surface area contributed by atoms with Gasteiger partial charge in [-0.05, 0) is 41.3 Å². The Hall–Kier alpha value is -3.65. The Balaban J connectivity index is 1.61. The van der Waals surface area contributed by atoms with Crippen LogP contribution >= 0.6 is 11.3 Å². The number of likely N-dealkylation sites (N-methyl/N-ethyl adjacent to an activating group) is 1. The van der Waals surface area contributed by atoms with Crippen LogP contribution in [0.25, 0.3) is 0 Å². The molecular weight excluding hydrogens is 438 g/mol. The third-order valence-electron chi connectivity index (χ3n) is 5.52. The van der Waals surface area contributed by atoms with Gasteiger partial charge in [-0.2, -0.15) is 5.10 Å². The second kappa shape index (κ2) is 9.87. The lowest BCUT2D eigenvalue weighted by Gasteiger charge is -2.25. The summed E-state index contributed by atoms with van der Waals surface area (Å²) in [4.78, 5) is 28.0. The fraction of sp³-hybridized carbons (Fsp3) is 0.240. The van der Waals surface area contributed by atoms with Gasteiger partial charge in [-0.1, -0.05) is 30.3 Å². The smallest absolute Gasteiger partial charge is 0.264 e. The van der Waals surface area contributed by atoms with Gasteiger partial charge in [0, 0.05) is 19.0 Å². The van der Waals surface area contributed by atoms with Crippen molar-refractivity contribution in [2.24, 2.45) is 5.10 Å². The minimum atomic E-state index is -0.283. The van der Waals surface area contributed by atoms with Crippen molar-refractivity contribution in [3.8, 4) is 11.5 Å². The van der Waals surface area contributed by atoms with E-state index in [4.69, 9.17) is 9.47 Å². The van der Waals surface area contributed by atoms with Crippen molar-refractivity contribution in [2.45, 2.75) is 12.5 Å². The molecule has 7 nitrogen and oxygen atoms in total. The number of hydrogen-bond donors (Lipinski definition) is 0. The van der Waals surface area contributed by atoms with Crippen molar-refractivity contribution in [3.63, 3.8) is 0 Å². The second-order valence-electron chi connectivity index (χ2n) is 7.65. The first kappa shape index (κ1) is 22.5. The van der Waals surface area contributed by atoms with Gasteiger partial charge in [0.15, 0.2) is 0 Å². The molecule has 0 aliphatic carbocycles. The summed E-state index contributed by atoms with van der Waals surface area (Å²) in [5.74, 6) is 1.03. The van der Waals surface area contributed by atoms with Gasteiger partial charge in [0.1, 0.15) is 18.0 Å². The number of thiophene rings is 1. The number of hydrazone groups is 1. The SMILES string of the molecule is COc1ccc([C@@H]2CC(c3cccc(OC)c3)=NN2C(=O)CN(C)C(=O)c2cccs2)cc1. The lowest BCUT2D eigenvalue weighted by atomic mass is 9.98. The number of carbonyl (C=O) groups is 2. The Morgan fingerprint density at radius 3 is 2.48 bits per heavy atom. The minimum Gasteiger partial charge on any atom is -0.497 e. The van der Waals surface area contributed by atoms with Crippen molar-refractivity contribution < 1.29 is 19.1 Å². The molecule has 1 aliphatic rings. The predicted octanol–water partition coefficient (Wildman–Crippen LogP) is 4.22. The van der Waals surface area contributed by atoms with Crippen LogP contribution in [0.4, 0.5) is 0 Å². The summed E-state index contributed by atoms with van der Waals surface area (Å²) in [5, 5.41) is 8.02. The van der Waals surface area contributed by atoms with Crippen LogP contribution in [-0.2, 0) is 4.79 Å². The Labute approximate surface area is 196 Å². The Morgan fingerprint density at radius 1 is 1.06 bits per heavy atom. The van der Waals surface area contributed by atoms with Gasteiger partial charge in [0.2, 0.25) is 0 Å². The number of benzene rings is 2. The van der Waals surface area contributed by atoms with E-state index in [1.807, 2.05) is 60.0 Å². The van der Waals surface area contributed by atoms with Crippen molar-refractivity contribution in [3.05, 3.63) is 82.0 Å². The second-order valence-corrected chi connectivity index (χ2v) is 8.60. The van der Waals surface area contributed by atoms with Crippen molar-refractivity contribution in [1.29, 1.82) is 0 Å². The summed E-state index contributed by atoms with van der Waals surface area (Å²) in [5.41, 5.74) is 2.62. The largest absolute Gasteiger partial charge is 0.497 e. The number of hydrogen-bond acceptors (Lipinski definition) is 6. The van der Waals surface area contributed by atoms with Crippen LogP contribution in [0.2, 0.25) is 0 Å². The van der Waals surface area contributed by atoms with E-state index in [1.54, 1.807) is 27.3 Å². The first-order chi connectivity index (χ1) is 16.0. The van der Waals surface area contributed by atoms with E-state index in [-0.39, 0.29) is 24.4 Å². The van der Waals surface area contributed by atoms with Crippen LogP contribution in [0, 0.1) is 0 Å². The highest BCUT2D eigenvalue weighted by Crippen LogP contribution is 2.34. The highest BCUT2D eigenvalue weighted by atomic mass is 32.1. The van der Waals surface area contributed by atoms with E-state index in [2.05, 4.69) is 5.10 Å². The molecule has 2 aromatic carbocycles. The van der Waals surface area contributed by atoms with Crippen molar-refractivity contribution in [2.75, 3.05) is 27.8 Å². The standard InChI is InChI=1S/C25H25N3O4S/c1-27(25(30)23-8-5-13-33-23)16-24(29)28-22(17-9-11-19(31-2)12-10-17)15-21(26-28)18-6-4-7-20(14-18)32-3/h4-14,22H,15-16H2,1-3H3/t22-/m0/s1. The third-order valence-corrected chi connectivity index (χ3v) is 6.38. The van der Waals surface area contributed by atoms with Gasteiger partial charge in [-0.15, -0.1) is 11.3 Å². The zero-order valence-electron chi connectivity index (χ0n) is 18.7. The first-order valence-corrected chi connectivity index (χ1v) is 11.3. The van der Waals surface area contributed by atoms with Gasteiger partial charge < -0.3 is 14.4 Å². The van der Waals surface area contributed by atoms with Gasteiger partial charge >= 0.3 is 0 Å². The molecular formula is C25H25N3O4S. The van der Waals surface area contributed by atoms with Crippen LogP contribution in [0.5, 0.6) is 11.5 Å². The van der Waals surface area contributed by atoms with E-state index in [0.717, 1.165) is 28.3 Å². The summed E-state index contributed by atoms with van der Waals surface area (Å²) < 4.78 is 10.6. The van der Waals surface area contributed by atoms with Crippen molar-refractivity contribution in [1.82, 2.24) is 9.91 Å². The molecule has 0 unspecified atom stereocenters. The Morgan fingerprint density at radius 2 is 1.82 bits per heavy atom. The molecule has 1 aliphatic heterocycles. The van der Waals surface area contributed by atoms with Gasteiger partial charge in [0.05, 0.1) is 30.9 Å². The average molecular weight is 464 g/mol. The molecule has 0 saturated carbocycles. The Bertz CT molecular complexity index is 1160. The predicted molar refractivity (Wildman–Crippen MR) is 128 cm³/mol. The average Bonchev–Trinajstić information content (AvgIpc) is 3.54. The van der Waals surface area contributed by atoms with E-state index >= 15 is 0 Å². The summed E-state index contributed by atoms with van der Waals surface area (Å²) in [6.07, 6.45) is 0.549.